The molecule has 14 heavy (non-hydrogen) atoms. The SMILES string of the molecule is CCCC[C@@H]1CCC[C@@H](C(=O)OC)N1. The normalized spacial score (nSPS) is 27.3. The first-order valence-electron chi connectivity index (χ1n) is 5.61. The van der Waals surface area contributed by atoms with Crippen LogP contribution >= 0.6 is 0 Å². The molecule has 1 heterocycles. The van der Waals surface area contributed by atoms with Gasteiger partial charge in [-0.15, -0.1) is 0 Å². The third-order valence-electron chi connectivity index (χ3n) is 2.87. The molecule has 0 spiro atoms. The van der Waals surface area contributed by atoms with Gasteiger partial charge in [-0.1, -0.05) is 19.8 Å². The average molecular weight is 199 g/mol. The van der Waals surface area contributed by atoms with E-state index in [2.05, 4.69) is 12.2 Å². The van der Waals surface area contributed by atoms with Gasteiger partial charge in [-0.3, -0.25) is 4.79 Å². The van der Waals surface area contributed by atoms with Crippen LogP contribution in [-0.4, -0.2) is 25.2 Å². The molecular weight excluding hydrogens is 178 g/mol. The second kappa shape index (κ2) is 6.02. The van der Waals surface area contributed by atoms with Gasteiger partial charge in [0.05, 0.1) is 7.11 Å². The number of rotatable bonds is 4. The fourth-order valence-electron chi connectivity index (χ4n) is 2.03. The van der Waals surface area contributed by atoms with Crippen LogP contribution in [0.1, 0.15) is 45.4 Å². The summed E-state index contributed by atoms with van der Waals surface area (Å²) in [6.07, 6.45) is 6.92. The van der Waals surface area contributed by atoms with Gasteiger partial charge in [0.25, 0.3) is 0 Å². The van der Waals surface area contributed by atoms with Crippen LogP contribution in [0, 0.1) is 0 Å². The lowest BCUT2D eigenvalue weighted by atomic mass is 9.95. The Labute approximate surface area is 86.2 Å². The third-order valence-corrected chi connectivity index (χ3v) is 2.87. The van der Waals surface area contributed by atoms with Gasteiger partial charge in [0, 0.05) is 6.04 Å². The molecule has 2 atom stereocenters. The van der Waals surface area contributed by atoms with Crippen molar-refractivity contribution >= 4 is 5.97 Å². The molecule has 0 aliphatic carbocycles. The first kappa shape index (κ1) is 11.5. The highest BCUT2D eigenvalue weighted by Gasteiger charge is 2.26. The van der Waals surface area contributed by atoms with Crippen molar-refractivity contribution in [2.75, 3.05) is 7.11 Å². The lowest BCUT2D eigenvalue weighted by molar-refractivity contribution is -0.144. The van der Waals surface area contributed by atoms with Crippen LogP contribution in [0.25, 0.3) is 0 Å². The van der Waals surface area contributed by atoms with Crippen LogP contribution in [0.5, 0.6) is 0 Å². The lowest BCUT2D eigenvalue weighted by Gasteiger charge is -2.29. The molecule has 3 nitrogen and oxygen atoms in total. The zero-order chi connectivity index (χ0) is 10.4. The minimum absolute atomic E-state index is 0.0596. The predicted octanol–water partition coefficient (Wildman–Crippen LogP) is 1.86. The van der Waals surface area contributed by atoms with E-state index >= 15 is 0 Å². The summed E-state index contributed by atoms with van der Waals surface area (Å²) in [4.78, 5) is 11.3. The quantitative estimate of drug-likeness (QED) is 0.702. The van der Waals surface area contributed by atoms with Gasteiger partial charge in [-0.2, -0.15) is 0 Å². The van der Waals surface area contributed by atoms with Crippen molar-refractivity contribution in [3.63, 3.8) is 0 Å². The lowest BCUT2D eigenvalue weighted by Crippen LogP contribution is -2.47. The first-order valence-corrected chi connectivity index (χ1v) is 5.61. The first-order chi connectivity index (χ1) is 6.77. The predicted molar refractivity (Wildman–Crippen MR) is 56.1 cm³/mol. The van der Waals surface area contributed by atoms with Crippen molar-refractivity contribution in [3.8, 4) is 0 Å². The molecule has 1 N–H and O–H groups in total. The van der Waals surface area contributed by atoms with Gasteiger partial charge in [0.2, 0.25) is 0 Å². The van der Waals surface area contributed by atoms with E-state index in [1.807, 2.05) is 0 Å². The Morgan fingerprint density at radius 3 is 2.93 bits per heavy atom. The molecule has 1 rings (SSSR count). The van der Waals surface area contributed by atoms with Crippen LogP contribution in [0.3, 0.4) is 0 Å². The molecule has 1 fully saturated rings. The smallest absolute Gasteiger partial charge is 0.322 e. The number of ether oxygens (including phenoxy) is 1. The molecule has 0 bridgehead atoms. The fraction of sp³-hybridized carbons (Fsp3) is 0.909. The van der Waals surface area contributed by atoms with Crippen LogP contribution in [0.15, 0.2) is 0 Å². The van der Waals surface area contributed by atoms with Gasteiger partial charge >= 0.3 is 5.97 Å². The molecule has 82 valence electrons. The van der Waals surface area contributed by atoms with E-state index in [0.29, 0.717) is 6.04 Å². The fourth-order valence-corrected chi connectivity index (χ4v) is 2.03. The van der Waals surface area contributed by atoms with Crippen molar-refractivity contribution in [1.82, 2.24) is 5.32 Å². The molecule has 1 aliphatic heterocycles. The van der Waals surface area contributed by atoms with Gasteiger partial charge in [-0.05, 0) is 25.7 Å². The molecule has 3 heteroatoms. The number of carbonyl (C=O) groups excluding carboxylic acids is 1. The summed E-state index contributed by atoms with van der Waals surface area (Å²) in [7, 11) is 1.46. The molecule has 0 unspecified atom stereocenters. The Kier molecular flexibility index (Phi) is 4.94. The van der Waals surface area contributed by atoms with E-state index in [0.717, 1.165) is 12.8 Å². The number of hydrogen-bond donors (Lipinski definition) is 1. The maximum Gasteiger partial charge on any atom is 0.322 e. The maximum absolute atomic E-state index is 11.3. The minimum atomic E-state index is -0.105. The van der Waals surface area contributed by atoms with Gasteiger partial charge in [0.1, 0.15) is 6.04 Å². The summed E-state index contributed by atoms with van der Waals surface area (Å²) in [6, 6.07) is 0.461. The van der Waals surface area contributed by atoms with E-state index in [-0.39, 0.29) is 12.0 Å². The largest absolute Gasteiger partial charge is 0.468 e. The zero-order valence-corrected chi connectivity index (χ0v) is 9.21. The zero-order valence-electron chi connectivity index (χ0n) is 9.21. The van der Waals surface area contributed by atoms with Crippen molar-refractivity contribution < 1.29 is 9.53 Å². The van der Waals surface area contributed by atoms with Gasteiger partial charge < -0.3 is 10.1 Å². The Balaban J connectivity index is 2.31. The van der Waals surface area contributed by atoms with Crippen LogP contribution in [-0.2, 0) is 9.53 Å². The summed E-state index contributed by atoms with van der Waals surface area (Å²) in [5.74, 6) is -0.105. The summed E-state index contributed by atoms with van der Waals surface area (Å²) >= 11 is 0. The summed E-state index contributed by atoms with van der Waals surface area (Å²) in [5, 5.41) is 3.36. The van der Waals surface area contributed by atoms with E-state index in [1.165, 1.54) is 32.8 Å². The Hall–Kier alpha value is -0.570. The number of nitrogens with one attached hydrogen (secondary N) is 1. The molecule has 0 amide bonds. The van der Waals surface area contributed by atoms with Gasteiger partial charge in [-0.25, -0.2) is 0 Å². The summed E-state index contributed by atoms with van der Waals surface area (Å²) in [5.41, 5.74) is 0. The molecule has 0 aromatic rings. The molecular formula is C11H21NO2. The molecule has 0 aromatic heterocycles. The second-order valence-electron chi connectivity index (χ2n) is 4.01. The molecule has 1 saturated heterocycles. The molecule has 0 saturated carbocycles. The van der Waals surface area contributed by atoms with Crippen molar-refractivity contribution in [2.45, 2.75) is 57.5 Å². The van der Waals surface area contributed by atoms with Gasteiger partial charge in [0.15, 0.2) is 0 Å². The number of hydrogen-bond acceptors (Lipinski definition) is 3. The van der Waals surface area contributed by atoms with Crippen molar-refractivity contribution in [2.24, 2.45) is 0 Å². The van der Waals surface area contributed by atoms with E-state index < -0.39 is 0 Å². The van der Waals surface area contributed by atoms with Crippen molar-refractivity contribution in [1.29, 1.82) is 0 Å². The number of methoxy groups -OCH3 is 1. The minimum Gasteiger partial charge on any atom is -0.468 e. The topological polar surface area (TPSA) is 38.3 Å². The number of esters is 1. The Morgan fingerprint density at radius 2 is 2.29 bits per heavy atom. The molecule has 0 radical (unpaired) electrons. The van der Waals surface area contributed by atoms with E-state index in [1.54, 1.807) is 0 Å². The van der Waals surface area contributed by atoms with Crippen LogP contribution in [0.4, 0.5) is 0 Å². The number of piperidine rings is 1. The van der Waals surface area contributed by atoms with E-state index in [9.17, 15) is 4.79 Å². The van der Waals surface area contributed by atoms with Crippen LogP contribution < -0.4 is 5.32 Å². The maximum atomic E-state index is 11.3. The summed E-state index contributed by atoms with van der Waals surface area (Å²) < 4.78 is 4.74. The monoisotopic (exact) mass is 199 g/mol. The highest BCUT2D eigenvalue weighted by molar-refractivity contribution is 5.75. The number of carbonyl (C=O) groups is 1. The molecule has 1 aliphatic rings. The highest BCUT2D eigenvalue weighted by atomic mass is 16.5. The highest BCUT2D eigenvalue weighted by Crippen LogP contribution is 2.17. The van der Waals surface area contributed by atoms with Crippen molar-refractivity contribution in [3.05, 3.63) is 0 Å². The second-order valence-corrected chi connectivity index (χ2v) is 4.01. The number of unbranched alkanes of at least 4 members (excludes halogenated alkanes) is 1. The average Bonchev–Trinajstić information content (AvgIpc) is 2.25. The summed E-state index contributed by atoms with van der Waals surface area (Å²) in [6.45, 7) is 2.20. The standard InChI is InChI=1S/C11H21NO2/c1-3-4-6-9-7-5-8-10(12-9)11(13)14-2/h9-10,12H,3-8H2,1-2H3/t9-,10+/m1/s1. The van der Waals surface area contributed by atoms with E-state index in [4.69, 9.17) is 4.74 Å². The molecule has 0 aromatic carbocycles. The Bertz CT molecular complexity index is 182. The third kappa shape index (κ3) is 3.29. The Morgan fingerprint density at radius 1 is 1.50 bits per heavy atom. The van der Waals surface area contributed by atoms with Crippen LogP contribution in [0.2, 0.25) is 0 Å².